The number of non-ortho nitro benzene ring substituents is 1. The summed E-state index contributed by atoms with van der Waals surface area (Å²) in [5.41, 5.74) is 1.83. The van der Waals surface area contributed by atoms with E-state index in [1.165, 1.54) is 12.1 Å². The number of nitrogens with zero attached hydrogens (tertiary/aromatic N) is 2. The zero-order valence-electron chi connectivity index (χ0n) is 13.8. The van der Waals surface area contributed by atoms with Gasteiger partial charge in [-0.15, -0.1) is 0 Å². The van der Waals surface area contributed by atoms with Crippen LogP contribution in [0.1, 0.15) is 5.56 Å². The first-order valence-electron chi connectivity index (χ1n) is 7.32. The Morgan fingerprint density at radius 2 is 1.83 bits per heavy atom. The Morgan fingerprint density at radius 1 is 1.12 bits per heavy atom. The molecule has 0 aliphatic carbocycles. The van der Waals surface area contributed by atoms with Crippen LogP contribution in [0.5, 0.6) is 11.5 Å². The van der Waals surface area contributed by atoms with Crippen molar-refractivity contribution in [1.29, 1.82) is 0 Å². The lowest BCUT2D eigenvalue weighted by atomic mass is 10.1. The molecule has 0 bridgehead atoms. The molecular weight excluding hydrogens is 332 g/mol. The molecule has 6 nitrogen and oxygen atoms in total. The highest BCUT2D eigenvalue weighted by molar-refractivity contribution is 6.33. The topological polar surface area (TPSA) is 64.8 Å². The Bertz CT molecular complexity index is 737. The van der Waals surface area contributed by atoms with Gasteiger partial charge < -0.3 is 14.4 Å². The molecule has 0 aliphatic heterocycles. The molecule has 0 aromatic heterocycles. The predicted octanol–water partition coefficient (Wildman–Crippen LogP) is 3.94. The molecule has 128 valence electrons. The van der Waals surface area contributed by atoms with Gasteiger partial charge in [-0.25, -0.2) is 0 Å². The van der Waals surface area contributed by atoms with Gasteiger partial charge in [0.1, 0.15) is 0 Å². The summed E-state index contributed by atoms with van der Waals surface area (Å²) in [6.07, 6.45) is 0.768. The van der Waals surface area contributed by atoms with E-state index in [1.807, 2.05) is 30.1 Å². The number of hydrogen-bond acceptors (Lipinski definition) is 5. The van der Waals surface area contributed by atoms with Crippen molar-refractivity contribution in [2.45, 2.75) is 6.42 Å². The number of hydrogen-bond donors (Lipinski definition) is 0. The lowest BCUT2D eigenvalue weighted by Crippen LogP contribution is -2.20. The van der Waals surface area contributed by atoms with Crippen LogP contribution in [0.15, 0.2) is 36.4 Å². The van der Waals surface area contributed by atoms with E-state index in [2.05, 4.69) is 0 Å². The SMILES string of the molecule is COc1ccc(CCN(C)c2ccc([N+](=O)[O-])cc2Cl)cc1OC. The quantitative estimate of drug-likeness (QED) is 0.559. The minimum Gasteiger partial charge on any atom is -0.493 e. The summed E-state index contributed by atoms with van der Waals surface area (Å²) in [6, 6.07) is 10.3. The van der Waals surface area contributed by atoms with Gasteiger partial charge in [-0.05, 0) is 30.2 Å². The molecule has 0 unspecified atom stereocenters. The standard InChI is InChI=1S/C17H19ClN2O4/c1-19(15-6-5-13(20(21)22)11-14(15)18)9-8-12-4-7-16(23-2)17(10-12)24-3/h4-7,10-11H,8-9H2,1-3H3. The molecule has 24 heavy (non-hydrogen) atoms. The van der Waals surface area contributed by atoms with Crippen LogP contribution >= 0.6 is 11.6 Å². The Labute approximate surface area is 145 Å². The molecule has 0 saturated carbocycles. The van der Waals surface area contributed by atoms with Crippen LogP contribution in [0.4, 0.5) is 11.4 Å². The Kier molecular flexibility index (Phi) is 5.87. The third kappa shape index (κ3) is 4.08. The fraction of sp³-hybridized carbons (Fsp3) is 0.294. The van der Waals surface area contributed by atoms with E-state index in [-0.39, 0.29) is 5.69 Å². The largest absolute Gasteiger partial charge is 0.493 e. The first-order valence-corrected chi connectivity index (χ1v) is 7.70. The number of rotatable bonds is 7. The van der Waals surface area contributed by atoms with Crippen molar-refractivity contribution >= 4 is 23.0 Å². The lowest BCUT2D eigenvalue weighted by molar-refractivity contribution is -0.384. The van der Waals surface area contributed by atoms with Crippen molar-refractivity contribution in [3.05, 3.63) is 57.1 Å². The van der Waals surface area contributed by atoms with Gasteiger partial charge in [0.05, 0.1) is 29.9 Å². The Hall–Kier alpha value is -2.47. The van der Waals surface area contributed by atoms with E-state index in [0.29, 0.717) is 23.1 Å². The van der Waals surface area contributed by atoms with Crippen molar-refractivity contribution < 1.29 is 14.4 Å². The average Bonchev–Trinajstić information content (AvgIpc) is 2.59. The van der Waals surface area contributed by atoms with E-state index in [1.54, 1.807) is 20.3 Å². The smallest absolute Gasteiger partial charge is 0.271 e. The summed E-state index contributed by atoms with van der Waals surface area (Å²) in [5, 5.41) is 11.1. The van der Waals surface area contributed by atoms with Gasteiger partial charge in [-0.1, -0.05) is 17.7 Å². The minimum atomic E-state index is -0.459. The number of nitro groups is 1. The molecule has 2 rings (SSSR count). The number of likely N-dealkylation sites (N-methyl/N-ethyl adjacent to an activating group) is 1. The number of halogens is 1. The highest BCUT2D eigenvalue weighted by Crippen LogP contribution is 2.30. The minimum absolute atomic E-state index is 0.0166. The zero-order chi connectivity index (χ0) is 17.7. The molecule has 2 aromatic rings. The van der Waals surface area contributed by atoms with Crippen LogP contribution in [0.25, 0.3) is 0 Å². The molecule has 0 atom stereocenters. The molecule has 7 heteroatoms. The average molecular weight is 351 g/mol. The van der Waals surface area contributed by atoms with Gasteiger partial charge in [-0.3, -0.25) is 10.1 Å². The summed E-state index contributed by atoms with van der Waals surface area (Å²) in [7, 11) is 5.10. The number of benzene rings is 2. The van der Waals surface area contributed by atoms with Gasteiger partial charge in [0.15, 0.2) is 11.5 Å². The molecule has 0 spiro atoms. The van der Waals surface area contributed by atoms with Crippen LogP contribution in [0, 0.1) is 10.1 Å². The van der Waals surface area contributed by atoms with E-state index in [4.69, 9.17) is 21.1 Å². The van der Waals surface area contributed by atoms with Gasteiger partial charge in [0, 0.05) is 25.7 Å². The molecular formula is C17H19ClN2O4. The van der Waals surface area contributed by atoms with Gasteiger partial charge >= 0.3 is 0 Å². The van der Waals surface area contributed by atoms with Crippen molar-refractivity contribution in [2.75, 3.05) is 32.7 Å². The predicted molar refractivity (Wildman–Crippen MR) is 94.6 cm³/mol. The van der Waals surface area contributed by atoms with E-state index < -0.39 is 4.92 Å². The normalized spacial score (nSPS) is 10.3. The van der Waals surface area contributed by atoms with Crippen molar-refractivity contribution in [1.82, 2.24) is 0 Å². The molecule has 0 heterocycles. The second-order valence-corrected chi connectivity index (χ2v) is 5.66. The van der Waals surface area contributed by atoms with Crippen LogP contribution < -0.4 is 14.4 Å². The summed E-state index contributed by atoms with van der Waals surface area (Å²) in [6.45, 7) is 0.701. The Morgan fingerprint density at radius 3 is 2.42 bits per heavy atom. The Balaban J connectivity index is 2.08. The third-order valence-corrected chi connectivity index (χ3v) is 4.04. The van der Waals surface area contributed by atoms with Crippen molar-refractivity contribution in [2.24, 2.45) is 0 Å². The summed E-state index contributed by atoms with van der Waals surface area (Å²) in [4.78, 5) is 12.3. The summed E-state index contributed by atoms with van der Waals surface area (Å²) >= 11 is 6.15. The monoisotopic (exact) mass is 350 g/mol. The van der Waals surface area contributed by atoms with Gasteiger partial charge in [0.2, 0.25) is 0 Å². The maximum Gasteiger partial charge on any atom is 0.271 e. The van der Waals surface area contributed by atoms with Crippen LogP contribution in [0.2, 0.25) is 5.02 Å². The molecule has 0 N–H and O–H groups in total. The molecule has 0 aliphatic rings. The fourth-order valence-corrected chi connectivity index (χ4v) is 2.69. The summed E-state index contributed by atoms with van der Waals surface area (Å²) < 4.78 is 10.5. The van der Waals surface area contributed by atoms with Gasteiger partial charge in [0.25, 0.3) is 5.69 Å². The van der Waals surface area contributed by atoms with Crippen LogP contribution in [-0.2, 0) is 6.42 Å². The molecule has 2 aromatic carbocycles. The van der Waals surface area contributed by atoms with Crippen molar-refractivity contribution in [3.8, 4) is 11.5 Å². The highest BCUT2D eigenvalue weighted by atomic mass is 35.5. The van der Waals surface area contributed by atoms with Crippen LogP contribution in [0.3, 0.4) is 0 Å². The number of anilines is 1. The molecule has 0 saturated heterocycles. The highest BCUT2D eigenvalue weighted by Gasteiger charge is 2.12. The van der Waals surface area contributed by atoms with Crippen molar-refractivity contribution in [3.63, 3.8) is 0 Å². The number of methoxy groups -OCH3 is 2. The molecule has 0 radical (unpaired) electrons. The summed E-state index contributed by atoms with van der Waals surface area (Å²) in [5.74, 6) is 1.37. The maximum absolute atomic E-state index is 10.8. The lowest BCUT2D eigenvalue weighted by Gasteiger charge is -2.20. The first kappa shape index (κ1) is 17.9. The fourth-order valence-electron chi connectivity index (χ4n) is 2.37. The molecule has 0 amide bonds. The zero-order valence-corrected chi connectivity index (χ0v) is 14.5. The maximum atomic E-state index is 10.8. The van der Waals surface area contributed by atoms with Gasteiger partial charge in [-0.2, -0.15) is 0 Å². The van der Waals surface area contributed by atoms with E-state index in [0.717, 1.165) is 17.7 Å². The first-order chi connectivity index (χ1) is 11.5. The second-order valence-electron chi connectivity index (χ2n) is 5.25. The molecule has 0 fully saturated rings. The van der Waals surface area contributed by atoms with Crippen LogP contribution in [-0.4, -0.2) is 32.7 Å². The third-order valence-electron chi connectivity index (χ3n) is 3.74. The van der Waals surface area contributed by atoms with E-state index in [9.17, 15) is 10.1 Å². The second kappa shape index (κ2) is 7.88. The van der Waals surface area contributed by atoms with E-state index >= 15 is 0 Å². The number of ether oxygens (including phenoxy) is 2. The number of nitro benzene ring substituents is 1.